The molecule has 10 heavy (non-hydrogen) atoms. The van der Waals surface area contributed by atoms with Crippen molar-refractivity contribution in [2.45, 2.75) is 0 Å². The molecule has 0 amide bonds. The van der Waals surface area contributed by atoms with Gasteiger partial charge in [0.15, 0.2) is 0 Å². The van der Waals surface area contributed by atoms with Gasteiger partial charge in [-0.3, -0.25) is 0 Å². The van der Waals surface area contributed by atoms with Crippen LogP contribution in [0.2, 0.25) is 0 Å². The minimum absolute atomic E-state index is 0. The fraction of sp³-hybridized carbons (Fsp3) is 1.00. The number of rotatable bonds is 0. The molecule has 0 atom stereocenters. The molecule has 0 bridgehead atoms. The van der Waals surface area contributed by atoms with Crippen LogP contribution in [0, 0.1) is 0 Å². The van der Waals surface area contributed by atoms with Crippen LogP contribution >= 0.6 is 37.2 Å². The maximum absolute atomic E-state index is 3.22. The topological polar surface area (TPSA) is 55.6 Å². The van der Waals surface area contributed by atoms with Crippen LogP contribution in [-0.2, 0) is 0 Å². The van der Waals surface area contributed by atoms with Crippen LogP contribution < -0.4 is 10.6 Å². The first-order chi connectivity index (χ1) is 3.00. The minimum Gasteiger partial charge on any atom is -0.412 e. The van der Waals surface area contributed by atoms with Crippen molar-refractivity contribution in [3.05, 3.63) is 0 Å². The van der Waals surface area contributed by atoms with Crippen molar-refractivity contribution < 1.29 is 5.48 Å². The van der Waals surface area contributed by atoms with E-state index in [1.807, 2.05) is 0 Å². The Labute approximate surface area is 79.9 Å². The SMILES string of the molecule is C1CNCCN1.Cl.Cl.Cl.O. The Morgan fingerprint density at radius 2 is 0.800 bits per heavy atom. The Hall–Kier alpha value is 0.750. The molecule has 0 radical (unpaired) electrons. The summed E-state index contributed by atoms with van der Waals surface area (Å²) in [6.45, 7) is 4.56. The third kappa shape index (κ3) is 11.5. The Morgan fingerprint density at radius 1 is 0.600 bits per heavy atom. The average Bonchev–Trinajstić information content (AvgIpc) is 1.72. The smallest absolute Gasteiger partial charge is 0.00772 e. The quantitative estimate of drug-likeness (QED) is 0.576. The van der Waals surface area contributed by atoms with Gasteiger partial charge >= 0.3 is 0 Å². The summed E-state index contributed by atoms with van der Waals surface area (Å²) >= 11 is 0. The van der Waals surface area contributed by atoms with E-state index in [1.54, 1.807) is 0 Å². The molecule has 0 aromatic heterocycles. The summed E-state index contributed by atoms with van der Waals surface area (Å²) in [5, 5.41) is 6.44. The van der Waals surface area contributed by atoms with Gasteiger partial charge in [-0.25, -0.2) is 0 Å². The molecule has 1 fully saturated rings. The summed E-state index contributed by atoms with van der Waals surface area (Å²) in [6.07, 6.45) is 0. The molecule has 6 heteroatoms. The van der Waals surface area contributed by atoms with Gasteiger partial charge < -0.3 is 16.1 Å². The number of nitrogens with one attached hydrogen (secondary N) is 2. The van der Waals surface area contributed by atoms with Gasteiger partial charge in [0.2, 0.25) is 0 Å². The van der Waals surface area contributed by atoms with E-state index in [0.717, 1.165) is 26.2 Å². The summed E-state index contributed by atoms with van der Waals surface area (Å²) in [6, 6.07) is 0. The lowest BCUT2D eigenvalue weighted by Crippen LogP contribution is -2.39. The zero-order valence-electron chi connectivity index (χ0n) is 5.55. The summed E-state index contributed by atoms with van der Waals surface area (Å²) in [5.74, 6) is 0. The molecule has 3 nitrogen and oxygen atoms in total. The fourth-order valence-corrected chi connectivity index (χ4v) is 0.604. The number of hydrogen-bond acceptors (Lipinski definition) is 2. The fourth-order valence-electron chi connectivity index (χ4n) is 0.604. The second-order valence-electron chi connectivity index (χ2n) is 1.50. The zero-order chi connectivity index (χ0) is 4.24. The van der Waals surface area contributed by atoms with Crippen LogP contribution in [0.15, 0.2) is 0 Å². The highest BCUT2D eigenvalue weighted by Gasteiger charge is 1.91. The standard InChI is InChI=1S/C4H10N2.3ClH.H2O/c1-2-6-4-3-5-1;;;;/h5-6H,1-4H2;3*1H;1H2. The van der Waals surface area contributed by atoms with E-state index in [2.05, 4.69) is 10.6 Å². The van der Waals surface area contributed by atoms with Crippen LogP contribution in [0.4, 0.5) is 0 Å². The molecule has 1 saturated heterocycles. The highest BCUT2D eigenvalue weighted by Crippen LogP contribution is 1.65. The predicted octanol–water partition coefficient (Wildman–Crippen LogP) is -0.380. The molecular formula is C4H15Cl3N2O. The summed E-state index contributed by atoms with van der Waals surface area (Å²) < 4.78 is 0. The third-order valence-corrected chi connectivity index (χ3v) is 0.957. The molecular weight excluding hydrogens is 198 g/mol. The van der Waals surface area contributed by atoms with Gasteiger partial charge in [0.05, 0.1) is 0 Å². The molecule has 0 spiro atoms. The van der Waals surface area contributed by atoms with Crippen LogP contribution in [0.25, 0.3) is 0 Å². The molecule has 0 aromatic rings. The van der Waals surface area contributed by atoms with Crippen molar-refractivity contribution in [2.75, 3.05) is 26.2 Å². The van der Waals surface area contributed by atoms with Crippen molar-refractivity contribution in [3.63, 3.8) is 0 Å². The van der Waals surface area contributed by atoms with Gasteiger partial charge in [-0.2, -0.15) is 0 Å². The molecule has 0 saturated carbocycles. The van der Waals surface area contributed by atoms with E-state index in [9.17, 15) is 0 Å². The Bertz CT molecular complexity index is 34.0. The molecule has 0 aromatic carbocycles. The van der Waals surface area contributed by atoms with Crippen molar-refractivity contribution in [3.8, 4) is 0 Å². The Balaban J connectivity index is -0.0000000450. The molecule has 4 N–H and O–H groups in total. The zero-order valence-corrected chi connectivity index (χ0v) is 8.00. The average molecular weight is 214 g/mol. The van der Waals surface area contributed by atoms with Crippen LogP contribution in [0.1, 0.15) is 0 Å². The van der Waals surface area contributed by atoms with E-state index in [1.165, 1.54) is 0 Å². The Kier molecular flexibility index (Phi) is 36.7. The molecule has 0 aliphatic carbocycles. The molecule has 68 valence electrons. The van der Waals surface area contributed by atoms with Gasteiger partial charge in [0.25, 0.3) is 0 Å². The summed E-state index contributed by atoms with van der Waals surface area (Å²) in [4.78, 5) is 0. The highest BCUT2D eigenvalue weighted by molar-refractivity contribution is 5.86. The van der Waals surface area contributed by atoms with Gasteiger partial charge in [0.1, 0.15) is 0 Å². The first-order valence-electron chi connectivity index (χ1n) is 2.41. The van der Waals surface area contributed by atoms with Crippen LogP contribution in [0.5, 0.6) is 0 Å². The lowest BCUT2D eigenvalue weighted by molar-refractivity contribution is 0.534. The van der Waals surface area contributed by atoms with E-state index in [4.69, 9.17) is 0 Å². The van der Waals surface area contributed by atoms with Gasteiger partial charge in [-0.15, -0.1) is 37.2 Å². The molecule has 0 unspecified atom stereocenters. The van der Waals surface area contributed by atoms with Crippen molar-refractivity contribution >= 4 is 37.2 Å². The van der Waals surface area contributed by atoms with Gasteiger partial charge in [0, 0.05) is 26.2 Å². The van der Waals surface area contributed by atoms with Gasteiger partial charge in [-0.05, 0) is 0 Å². The second kappa shape index (κ2) is 16.4. The number of halogens is 3. The highest BCUT2D eigenvalue weighted by atomic mass is 35.5. The van der Waals surface area contributed by atoms with Crippen LogP contribution in [-0.4, -0.2) is 31.7 Å². The van der Waals surface area contributed by atoms with E-state index < -0.39 is 0 Å². The summed E-state index contributed by atoms with van der Waals surface area (Å²) in [5.41, 5.74) is 0. The van der Waals surface area contributed by atoms with E-state index in [-0.39, 0.29) is 42.7 Å². The molecule has 1 aliphatic rings. The lowest BCUT2D eigenvalue weighted by Gasteiger charge is -2.11. The predicted molar refractivity (Wildman–Crippen MR) is 51.1 cm³/mol. The normalized spacial score (nSPS) is 14.4. The van der Waals surface area contributed by atoms with Crippen molar-refractivity contribution in [2.24, 2.45) is 0 Å². The van der Waals surface area contributed by atoms with Crippen LogP contribution in [0.3, 0.4) is 0 Å². The van der Waals surface area contributed by atoms with E-state index in [0.29, 0.717) is 0 Å². The number of piperazine rings is 1. The molecule has 1 rings (SSSR count). The lowest BCUT2D eigenvalue weighted by atomic mass is 10.4. The summed E-state index contributed by atoms with van der Waals surface area (Å²) in [7, 11) is 0. The number of hydrogen-bond donors (Lipinski definition) is 2. The first-order valence-corrected chi connectivity index (χ1v) is 2.41. The largest absolute Gasteiger partial charge is 0.412 e. The second-order valence-corrected chi connectivity index (χ2v) is 1.50. The van der Waals surface area contributed by atoms with Crippen molar-refractivity contribution in [1.82, 2.24) is 10.6 Å². The van der Waals surface area contributed by atoms with Crippen molar-refractivity contribution in [1.29, 1.82) is 0 Å². The maximum Gasteiger partial charge on any atom is 0.00772 e. The molecule has 1 aliphatic heterocycles. The monoisotopic (exact) mass is 212 g/mol. The van der Waals surface area contributed by atoms with Gasteiger partial charge in [-0.1, -0.05) is 0 Å². The third-order valence-electron chi connectivity index (χ3n) is 0.957. The molecule has 1 heterocycles. The van der Waals surface area contributed by atoms with E-state index >= 15 is 0 Å². The Morgan fingerprint density at radius 3 is 0.900 bits per heavy atom. The maximum atomic E-state index is 3.22. The first kappa shape index (κ1) is 22.4. The minimum atomic E-state index is 0.